The summed E-state index contributed by atoms with van der Waals surface area (Å²) in [6.07, 6.45) is -0.375. The second kappa shape index (κ2) is 38.4. The first-order valence-corrected chi connectivity index (χ1v) is 32.2. The molecule has 6 heterocycles. The van der Waals surface area contributed by atoms with Crippen molar-refractivity contribution >= 4 is 24.0 Å². The first kappa shape index (κ1) is 78.1. The fourth-order valence-corrected chi connectivity index (χ4v) is 10.3. The molecule has 6 fully saturated rings. The van der Waals surface area contributed by atoms with Gasteiger partial charge in [0.25, 0.3) is 0 Å². The highest BCUT2D eigenvalue weighted by Gasteiger charge is 2.35. The minimum Gasteiger partial charge on any atom is -0.444 e. The van der Waals surface area contributed by atoms with Crippen LogP contribution in [0.5, 0.6) is 0 Å². The molecule has 6 aliphatic rings. The number of amides is 4. The zero-order chi connectivity index (χ0) is 63.6. The summed E-state index contributed by atoms with van der Waals surface area (Å²) in [7, 11) is 3.96. The van der Waals surface area contributed by atoms with Crippen LogP contribution >= 0.6 is 0 Å². The normalized spacial score (nSPS) is 21.1. The zero-order valence-corrected chi connectivity index (χ0v) is 58.4. The summed E-state index contributed by atoms with van der Waals surface area (Å²) in [5.41, 5.74) is -0.654. The molecule has 83 heavy (non-hydrogen) atoms. The largest absolute Gasteiger partial charge is 0.444 e. The molecule has 6 aliphatic heterocycles. The lowest BCUT2D eigenvalue weighted by Crippen LogP contribution is -2.59. The van der Waals surface area contributed by atoms with Crippen LogP contribution in [0, 0.1) is 5.92 Å². The van der Waals surface area contributed by atoms with Crippen molar-refractivity contribution in [3.05, 3.63) is 0 Å². The first-order valence-electron chi connectivity index (χ1n) is 32.2. The molecule has 19 nitrogen and oxygen atoms in total. The number of methoxy groups -OCH3 is 1. The number of nitrogens with zero attached hydrogens (tertiary/aromatic N) is 12. The SMILES string of the molecule is CC(=O)N1CCN(C(C)C)CC1.CC(C)C(=O)N1CCN(C(C)C)CC1.CC(C)N1CCN(C(=O)OC(C)(C)C)CC1.CC(C)N1CCN(C)CC1.CC1CN(C(C)(C)C)CCN1C(=O)OC(C)(C)C.COCCN1CCN(C(C)C)CC1. The molecule has 0 aromatic rings. The Morgan fingerprint density at radius 3 is 1.10 bits per heavy atom. The lowest BCUT2D eigenvalue weighted by molar-refractivity contribution is -0.136. The summed E-state index contributed by atoms with van der Waals surface area (Å²) in [6, 6.07) is 3.40. The molecule has 4 amide bonds. The molecule has 0 bridgehead atoms. The Kier molecular flexibility index (Phi) is 36.2. The lowest BCUT2D eigenvalue weighted by atomic mass is 10.0. The summed E-state index contributed by atoms with van der Waals surface area (Å²) in [6.45, 7) is 73.3. The third-order valence-corrected chi connectivity index (χ3v) is 16.3. The molecule has 19 heteroatoms. The molecule has 1 unspecified atom stereocenters. The van der Waals surface area contributed by atoms with E-state index in [1.54, 1.807) is 18.9 Å². The van der Waals surface area contributed by atoms with E-state index in [4.69, 9.17) is 14.2 Å². The minimum atomic E-state index is -0.419. The molecular weight excluding hydrogens is 1050 g/mol. The Hall–Kier alpha value is -2.88. The van der Waals surface area contributed by atoms with Gasteiger partial charge >= 0.3 is 12.2 Å². The van der Waals surface area contributed by atoms with Crippen molar-refractivity contribution in [1.29, 1.82) is 0 Å². The van der Waals surface area contributed by atoms with Gasteiger partial charge in [-0.25, -0.2) is 9.59 Å². The number of hydrogen-bond donors (Lipinski definition) is 0. The van der Waals surface area contributed by atoms with Crippen LogP contribution in [0.4, 0.5) is 9.59 Å². The molecule has 0 aromatic carbocycles. The second-order valence-electron chi connectivity index (χ2n) is 28.4. The summed E-state index contributed by atoms with van der Waals surface area (Å²) in [5, 5.41) is 0. The van der Waals surface area contributed by atoms with Crippen LogP contribution in [0.3, 0.4) is 0 Å². The topological polar surface area (TPSA) is 135 Å². The number of hydrogen-bond acceptors (Lipinski definition) is 15. The molecule has 1 atom stereocenters. The van der Waals surface area contributed by atoms with Crippen molar-refractivity contribution in [3.63, 3.8) is 0 Å². The molecule has 0 aliphatic carbocycles. The van der Waals surface area contributed by atoms with E-state index >= 15 is 0 Å². The molecule has 490 valence electrons. The summed E-state index contributed by atoms with van der Waals surface area (Å²) < 4.78 is 15.8. The standard InChI is InChI=1S/C14H28N2O2.C12H24N2O2.C11H22N2O.C10H22N2O.C9H18N2O.C8H18N2/c1-11-10-15(13(2,3)4)8-9-16(11)12(17)18-14(5,6)7;1-10(2)13-6-8-14(9-7-13)11(15)16-12(3,4)5;1-9(2)11(14)13-7-5-12(6-8-13)10(3)4;1-10(2)12-6-4-11(5-7-12)8-9-13-3;1-8(2)10-4-6-11(7-5-10)9(3)12;1-8(2)10-6-4-9(3)5-7-10/h11H,8-10H2,1-7H3;10H,6-9H2,1-5H3;9-10H,5-8H2,1-4H3;10H,4-9H2,1-3H3;8H,4-7H2,1-3H3;8H,4-7H2,1-3H3. The Bertz CT molecular complexity index is 1760. The van der Waals surface area contributed by atoms with Gasteiger partial charge in [-0.3, -0.25) is 43.9 Å². The van der Waals surface area contributed by atoms with Gasteiger partial charge in [-0.2, -0.15) is 0 Å². The predicted octanol–water partition coefficient (Wildman–Crippen LogP) is 7.73. The average molecular weight is 1180 g/mol. The number of ether oxygens (including phenoxy) is 3. The number of carbonyl (C=O) groups is 4. The van der Waals surface area contributed by atoms with Crippen LogP contribution in [0.2, 0.25) is 0 Å². The van der Waals surface area contributed by atoms with Gasteiger partial charge in [0, 0.05) is 219 Å². The van der Waals surface area contributed by atoms with E-state index in [0.717, 1.165) is 117 Å². The quantitative estimate of drug-likeness (QED) is 0.223. The van der Waals surface area contributed by atoms with Crippen molar-refractivity contribution in [2.24, 2.45) is 5.92 Å². The monoisotopic (exact) mass is 1180 g/mol. The average Bonchev–Trinajstić information content (AvgIpc) is 3.53. The van der Waals surface area contributed by atoms with Crippen molar-refractivity contribution in [2.45, 2.75) is 212 Å². The molecule has 0 N–H and O–H groups in total. The van der Waals surface area contributed by atoms with Crippen LogP contribution in [-0.4, -0.2) is 314 Å². The second-order valence-corrected chi connectivity index (χ2v) is 28.4. The van der Waals surface area contributed by atoms with E-state index in [0.29, 0.717) is 30.1 Å². The molecule has 0 radical (unpaired) electrons. The van der Waals surface area contributed by atoms with E-state index in [1.165, 1.54) is 52.4 Å². The van der Waals surface area contributed by atoms with Crippen LogP contribution in [0.1, 0.15) is 159 Å². The van der Waals surface area contributed by atoms with Gasteiger partial charge in [-0.05, 0) is 146 Å². The van der Waals surface area contributed by atoms with Gasteiger partial charge in [0.2, 0.25) is 11.8 Å². The highest BCUT2D eigenvalue weighted by atomic mass is 16.6. The highest BCUT2D eigenvalue weighted by molar-refractivity contribution is 5.78. The lowest BCUT2D eigenvalue weighted by Gasteiger charge is -2.45. The summed E-state index contributed by atoms with van der Waals surface area (Å²) in [5.74, 6) is 0.646. The smallest absolute Gasteiger partial charge is 0.410 e. The fourth-order valence-electron chi connectivity index (χ4n) is 10.3. The third-order valence-electron chi connectivity index (χ3n) is 16.3. The Morgan fingerprint density at radius 2 is 0.783 bits per heavy atom. The number of likely N-dealkylation sites (N-methyl/N-ethyl adjacent to an activating group) is 1. The molecular formula is C64H132N12O7. The van der Waals surface area contributed by atoms with Crippen molar-refractivity contribution in [2.75, 3.05) is 178 Å². The van der Waals surface area contributed by atoms with Crippen molar-refractivity contribution in [1.82, 2.24) is 58.8 Å². The molecule has 6 saturated heterocycles. The Labute approximate surface area is 510 Å². The summed E-state index contributed by atoms with van der Waals surface area (Å²) in [4.78, 5) is 73.6. The molecule has 6 rings (SSSR count). The molecule has 0 aromatic heterocycles. The highest BCUT2D eigenvalue weighted by Crippen LogP contribution is 2.22. The van der Waals surface area contributed by atoms with E-state index in [1.807, 2.05) is 70.1 Å². The maximum atomic E-state index is 12.1. The fraction of sp³-hybridized carbons (Fsp3) is 0.938. The van der Waals surface area contributed by atoms with E-state index in [-0.39, 0.29) is 35.6 Å². The van der Waals surface area contributed by atoms with Crippen LogP contribution in [-0.2, 0) is 23.8 Å². The maximum absolute atomic E-state index is 12.1. The van der Waals surface area contributed by atoms with Gasteiger partial charge in [0.1, 0.15) is 11.2 Å². The molecule has 0 saturated carbocycles. The summed E-state index contributed by atoms with van der Waals surface area (Å²) >= 11 is 0. The number of rotatable bonds is 9. The third kappa shape index (κ3) is 32.6. The van der Waals surface area contributed by atoms with E-state index in [9.17, 15) is 19.2 Å². The van der Waals surface area contributed by atoms with Crippen molar-refractivity contribution in [3.8, 4) is 0 Å². The van der Waals surface area contributed by atoms with Gasteiger partial charge in [0.15, 0.2) is 0 Å². The number of carbonyl (C=O) groups excluding carboxylic acids is 4. The van der Waals surface area contributed by atoms with Crippen LogP contribution in [0.25, 0.3) is 0 Å². The Morgan fingerprint density at radius 1 is 0.446 bits per heavy atom. The van der Waals surface area contributed by atoms with Crippen LogP contribution < -0.4 is 0 Å². The van der Waals surface area contributed by atoms with E-state index in [2.05, 4.69) is 143 Å². The minimum absolute atomic E-state index is 0.139. The molecule has 0 spiro atoms. The Balaban J connectivity index is 0.000000502. The maximum Gasteiger partial charge on any atom is 0.410 e. The van der Waals surface area contributed by atoms with Crippen LogP contribution in [0.15, 0.2) is 0 Å². The van der Waals surface area contributed by atoms with Gasteiger partial charge in [-0.1, -0.05) is 13.8 Å². The number of piperazine rings is 6. The van der Waals surface area contributed by atoms with Gasteiger partial charge in [0.05, 0.1) is 6.61 Å². The van der Waals surface area contributed by atoms with Gasteiger partial charge in [-0.15, -0.1) is 0 Å². The predicted molar refractivity (Wildman–Crippen MR) is 345 cm³/mol. The van der Waals surface area contributed by atoms with Gasteiger partial charge < -0.3 is 38.7 Å². The van der Waals surface area contributed by atoms with E-state index < -0.39 is 11.2 Å². The first-order chi connectivity index (χ1) is 38.4. The zero-order valence-electron chi connectivity index (χ0n) is 58.4. The van der Waals surface area contributed by atoms with Crippen molar-refractivity contribution < 1.29 is 33.4 Å².